The van der Waals surface area contributed by atoms with E-state index >= 15 is 0 Å². The summed E-state index contributed by atoms with van der Waals surface area (Å²) < 4.78 is 5.49. The van der Waals surface area contributed by atoms with E-state index in [9.17, 15) is 5.11 Å². The van der Waals surface area contributed by atoms with Gasteiger partial charge in [0.05, 0.1) is 13.2 Å². The van der Waals surface area contributed by atoms with Crippen molar-refractivity contribution < 1.29 is 9.84 Å². The Balaban J connectivity index is 2.66. The molecule has 2 nitrogen and oxygen atoms in total. The Bertz CT molecular complexity index is 148. The molecule has 1 heterocycles. The summed E-state index contributed by atoms with van der Waals surface area (Å²) in [5, 5.41) is 9.48. The van der Waals surface area contributed by atoms with Gasteiger partial charge in [0.1, 0.15) is 0 Å². The van der Waals surface area contributed by atoms with Gasteiger partial charge in [-0.3, -0.25) is 0 Å². The number of hydrogen-bond acceptors (Lipinski definition) is 2. The summed E-state index contributed by atoms with van der Waals surface area (Å²) in [7, 11) is 0. The summed E-state index contributed by atoms with van der Waals surface area (Å²) in [4.78, 5) is 0. The van der Waals surface area contributed by atoms with Gasteiger partial charge in [-0.1, -0.05) is 20.8 Å². The van der Waals surface area contributed by atoms with Crippen LogP contribution >= 0.6 is 0 Å². The van der Waals surface area contributed by atoms with E-state index < -0.39 is 0 Å². The third kappa shape index (κ3) is 2.23. The van der Waals surface area contributed by atoms with E-state index in [1.54, 1.807) is 0 Å². The Morgan fingerprint density at radius 3 is 2.46 bits per heavy atom. The van der Waals surface area contributed by atoms with Gasteiger partial charge in [0, 0.05) is 12.0 Å². The van der Waals surface area contributed by atoms with Gasteiger partial charge in [-0.2, -0.15) is 0 Å². The van der Waals surface area contributed by atoms with Crippen LogP contribution in [0, 0.1) is 17.3 Å². The SMILES string of the molecule is CC(C)C(C)C1(CO)CCCOC1. The van der Waals surface area contributed by atoms with Crippen molar-refractivity contribution in [3.63, 3.8) is 0 Å². The second kappa shape index (κ2) is 4.43. The van der Waals surface area contributed by atoms with Crippen molar-refractivity contribution in [3.05, 3.63) is 0 Å². The van der Waals surface area contributed by atoms with E-state index in [4.69, 9.17) is 4.74 Å². The maximum atomic E-state index is 9.48. The van der Waals surface area contributed by atoms with Crippen molar-refractivity contribution >= 4 is 0 Å². The summed E-state index contributed by atoms with van der Waals surface area (Å²) in [5.74, 6) is 1.16. The third-order valence-electron chi connectivity index (χ3n) is 3.63. The van der Waals surface area contributed by atoms with Gasteiger partial charge >= 0.3 is 0 Å². The van der Waals surface area contributed by atoms with Crippen LogP contribution in [0.1, 0.15) is 33.6 Å². The second-order valence-corrected chi connectivity index (χ2v) is 4.71. The maximum absolute atomic E-state index is 9.48. The van der Waals surface area contributed by atoms with Crippen LogP contribution in [0.2, 0.25) is 0 Å². The molecule has 0 saturated carbocycles. The zero-order valence-electron chi connectivity index (χ0n) is 9.05. The molecule has 1 aliphatic rings. The van der Waals surface area contributed by atoms with Crippen molar-refractivity contribution in [2.75, 3.05) is 19.8 Å². The standard InChI is InChI=1S/C11H22O2/c1-9(2)10(3)11(7-12)5-4-6-13-8-11/h9-10,12H,4-8H2,1-3H3. The molecule has 0 aliphatic carbocycles. The Morgan fingerprint density at radius 1 is 1.38 bits per heavy atom. The number of aliphatic hydroxyl groups is 1. The molecule has 0 aromatic heterocycles. The predicted octanol–water partition coefficient (Wildman–Crippen LogP) is 2.07. The van der Waals surface area contributed by atoms with Gasteiger partial charge in [-0.25, -0.2) is 0 Å². The van der Waals surface area contributed by atoms with Gasteiger partial charge in [-0.15, -0.1) is 0 Å². The molecule has 1 N–H and O–H groups in total. The molecular weight excluding hydrogens is 164 g/mol. The molecule has 0 radical (unpaired) electrons. The number of aliphatic hydroxyl groups excluding tert-OH is 1. The lowest BCUT2D eigenvalue weighted by atomic mass is 9.69. The highest BCUT2D eigenvalue weighted by Gasteiger charge is 2.38. The molecule has 1 fully saturated rings. The normalized spacial score (nSPS) is 32.1. The minimum atomic E-state index is 0.0341. The molecule has 2 unspecified atom stereocenters. The van der Waals surface area contributed by atoms with E-state index in [0.717, 1.165) is 26.1 Å². The van der Waals surface area contributed by atoms with Crippen molar-refractivity contribution in [1.29, 1.82) is 0 Å². The molecule has 1 rings (SSSR count). The van der Waals surface area contributed by atoms with E-state index in [-0.39, 0.29) is 12.0 Å². The first kappa shape index (κ1) is 11.0. The molecule has 1 aliphatic heterocycles. The van der Waals surface area contributed by atoms with Crippen LogP contribution in [-0.2, 0) is 4.74 Å². The van der Waals surface area contributed by atoms with Crippen molar-refractivity contribution in [3.8, 4) is 0 Å². The Morgan fingerprint density at radius 2 is 2.08 bits per heavy atom. The van der Waals surface area contributed by atoms with Crippen molar-refractivity contribution in [2.45, 2.75) is 33.6 Å². The molecule has 0 aromatic rings. The Kier molecular flexibility index (Phi) is 3.74. The molecule has 2 heteroatoms. The molecule has 2 atom stereocenters. The first-order valence-electron chi connectivity index (χ1n) is 5.31. The van der Waals surface area contributed by atoms with Crippen LogP contribution in [0.15, 0.2) is 0 Å². The molecule has 78 valence electrons. The second-order valence-electron chi connectivity index (χ2n) is 4.71. The smallest absolute Gasteiger partial charge is 0.0547 e. The highest BCUT2D eigenvalue weighted by atomic mass is 16.5. The van der Waals surface area contributed by atoms with Gasteiger partial charge < -0.3 is 9.84 Å². The van der Waals surface area contributed by atoms with Crippen molar-refractivity contribution in [1.82, 2.24) is 0 Å². The lowest BCUT2D eigenvalue weighted by Crippen LogP contribution is -2.42. The van der Waals surface area contributed by atoms with E-state index in [1.807, 2.05) is 0 Å². The number of ether oxygens (including phenoxy) is 1. The lowest BCUT2D eigenvalue weighted by Gasteiger charge is -2.42. The molecule has 0 aromatic carbocycles. The van der Waals surface area contributed by atoms with Crippen LogP contribution in [0.4, 0.5) is 0 Å². The fraction of sp³-hybridized carbons (Fsp3) is 1.00. The Labute approximate surface area is 81.3 Å². The van der Waals surface area contributed by atoms with Crippen LogP contribution < -0.4 is 0 Å². The fourth-order valence-corrected chi connectivity index (χ4v) is 2.21. The van der Waals surface area contributed by atoms with E-state index in [0.29, 0.717) is 11.8 Å². The topological polar surface area (TPSA) is 29.5 Å². The summed E-state index contributed by atoms with van der Waals surface area (Å²) >= 11 is 0. The number of hydrogen-bond donors (Lipinski definition) is 1. The predicted molar refractivity (Wildman–Crippen MR) is 53.6 cm³/mol. The largest absolute Gasteiger partial charge is 0.396 e. The van der Waals surface area contributed by atoms with Crippen LogP contribution in [0.3, 0.4) is 0 Å². The monoisotopic (exact) mass is 186 g/mol. The fourth-order valence-electron chi connectivity index (χ4n) is 2.21. The molecule has 0 amide bonds. The highest BCUT2D eigenvalue weighted by molar-refractivity contribution is 4.87. The first-order chi connectivity index (χ1) is 6.12. The molecule has 1 saturated heterocycles. The lowest BCUT2D eigenvalue weighted by molar-refractivity contribution is -0.0785. The summed E-state index contributed by atoms with van der Waals surface area (Å²) in [6.45, 7) is 8.55. The van der Waals surface area contributed by atoms with Crippen LogP contribution in [0.5, 0.6) is 0 Å². The summed E-state index contributed by atoms with van der Waals surface area (Å²) in [5.41, 5.74) is 0.0341. The quantitative estimate of drug-likeness (QED) is 0.731. The maximum Gasteiger partial charge on any atom is 0.0547 e. The van der Waals surface area contributed by atoms with E-state index in [1.165, 1.54) is 0 Å². The van der Waals surface area contributed by atoms with Crippen molar-refractivity contribution in [2.24, 2.45) is 17.3 Å². The molecule has 0 spiro atoms. The van der Waals surface area contributed by atoms with Gasteiger partial charge in [0.2, 0.25) is 0 Å². The molecule has 13 heavy (non-hydrogen) atoms. The van der Waals surface area contributed by atoms with Gasteiger partial charge in [-0.05, 0) is 24.7 Å². The highest BCUT2D eigenvalue weighted by Crippen LogP contribution is 2.39. The van der Waals surface area contributed by atoms with Crippen LogP contribution in [-0.4, -0.2) is 24.9 Å². The van der Waals surface area contributed by atoms with Gasteiger partial charge in [0.25, 0.3) is 0 Å². The third-order valence-corrected chi connectivity index (χ3v) is 3.63. The number of rotatable bonds is 3. The van der Waals surface area contributed by atoms with Gasteiger partial charge in [0.15, 0.2) is 0 Å². The first-order valence-corrected chi connectivity index (χ1v) is 5.31. The minimum Gasteiger partial charge on any atom is -0.396 e. The minimum absolute atomic E-state index is 0.0341. The van der Waals surface area contributed by atoms with Crippen LogP contribution in [0.25, 0.3) is 0 Å². The Hall–Kier alpha value is -0.0800. The molecule has 0 bridgehead atoms. The zero-order valence-corrected chi connectivity index (χ0v) is 9.05. The average Bonchev–Trinajstić information content (AvgIpc) is 2.17. The average molecular weight is 186 g/mol. The molecular formula is C11H22O2. The summed E-state index contributed by atoms with van der Waals surface area (Å²) in [6.07, 6.45) is 2.21. The zero-order chi connectivity index (χ0) is 9.90. The van der Waals surface area contributed by atoms with E-state index in [2.05, 4.69) is 20.8 Å². The summed E-state index contributed by atoms with van der Waals surface area (Å²) in [6, 6.07) is 0.